The van der Waals surface area contributed by atoms with Gasteiger partial charge < -0.3 is 15.4 Å². The lowest BCUT2D eigenvalue weighted by Gasteiger charge is -2.23. The summed E-state index contributed by atoms with van der Waals surface area (Å²) in [5.74, 6) is -0.424. The number of ether oxygens (including phenoxy) is 1. The van der Waals surface area contributed by atoms with Crippen molar-refractivity contribution >= 4 is 17.7 Å². The highest BCUT2D eigenvalue weighted by Gasteiger charge is 2.25. The number of hydrogen-bond acceptors (Lipinski definition) is 4. The Balaban J connectivity index is 2.18. The maximum absolute atomic E-state index is 12.8. The van der Waals surface area contributed by atoms with E-state index in [1.807, 2.05) is 36.4 Å². The van der Waals surface area contributed by atoms with Crippen LogP contribution in [-0.4, -0.2) is 23.6 Å². The van der Waals surface area contributed by atoms with Crippen molar-refractivity contribution < 1.29 is 14.3 Å². The molecule has 0 radical (unpaired) electrons. The molecule has 0 bridgehead atoms. The first kappa shape index (κ1) is 20.0. The van der Waals surface area contributed by atoms with E-state index in [9.17, 15) is 14.9 Å². The zero-order chi connectivity index (χ0) is 19.9. The van der Waals surface area contributed by atoms with E-state index in [-0.39, 0.29) is 0 Å². The number of amides is 2. The van der Waals surface area contributed by atoms with Crippen LogP contribution in [0.3, 0.4) is 0 Å². The van der Waals surface area contributed by atoms with Crippen LogP contribution in [0.4, 0.5) is 10.5 Å². The molecule has 2 rings (SSSR count). The molecule has 6 heteroatoms. The van der Waals surface area contributed by atoms with Gasteiger partial charge in [0, 0.05) is 6.42 Å². The second-order valence-electron chi connectivity index (χ2n) is 7.04. The van der Waals surface area contributed by atoms with Gasteiger partial charge in [-0.15, -0.1) is 0 Å². The summed E-state index contributed by atoms with van der Waals surface area (Å²) >= 11 is 0. The Morgan fingerprint density at radius 2 is 1.70 bits per heavy atom. The number of rotatable bonds is 5. The summed E-state index contributed by atoms with van der Waals surface area (Å²) < 4.78 is 5.27. The molecule has 2 aromatic rings. The van der Waals surface area contributed by atoms with E-state index in [2.05, 4.69) is 10.6 Å². The maximum Gasteiger partial charge on any atom is 0.408 e. The lowest BCUT2D eigenvalue weighted by Crippen LogP contribution is -2.47. The fourth-order valence-electron chi connectivity index (χ4n) is 2.42. The number of para-hydroxylation sites is 1. The Kier molecular flexibility index (Phi) is 6.56. The van der Waals surface area contributed by atoms with Crippen LogP contribution in [0.25, 0.3) is 0 Å². The molecule has 2 amide bonds. The van der Waals surface area contributed by atoms with Gasteiger partial charge in [0.2, 0.25) is 5.91 Å². The molecule has 6 nitrogen and oxygen atoms in total. The molecule has 0 fully saturated rings. The summed E-state index contributed by atoms with van der Waals surface area (Å²) in [6.45, 7) is 5.26. The first-order valence-electron chi connectivity index (χ1n) is 8.62. The third kappa shape index (κ3) is 6.48. The molecule has 0 aromatic heterocycles. The first-order valence-corrected chi connectivity index (χ1v) is 8.62. The van der Waals surface area contributed by atoms with Crippen LogP contribution >= 0.6 is 0 Å². The lowest BCUT2D eigenvalue weighted by molar-refractivity contribution is -0.118. The average Bonchev–Trinajstić information content (AvgIpc) is 2.61. The highest BCUT2D eigenvalue weighted by atomic mass is 16.6. The minimum atomic E-state index is -0.853. The molecule has 2 N–H and O–H groups in total. The van der Waals surface area contributed by atoms with Crippen molar-refractivity contribution in [2.24, 2.45) is 0 Å². The van der Waals surface area contributed by atoms with E-state index >= 15 is 0 Å². The number of anilines is 1. The van der Waals surface area contributed by atoms with Gasteiger partial charge >= 0.3 is 6.09 Å². The zero-order valence-corrected chi connectivity index (χ0v) is 15.7. The van der Waals surface area contributed by atoms with Gasteiger partial charge in [0.25, 0.3) is 0 Å². The molecule has 0 saturated heterocycles. The molecular formula is C21H23N3O3. The molecule has 1 atom stereocenters. The molecule has 0 aliphatic heterocycles. The van der Waals surface area contributed by atoms with Gasteiger partial charge in [-0.3, -0.25) is 4.79 Å². The molecule has 0 spiro atoms. The van der Waals surface area contributed by atoms with Crippen molar-refractivity contribution in [1.82, 2.24) is 5.32 Å². The Hall–Kier alpha value is -3.33. The minimum absolute atomic E-state index is 0.292. The van der Waals surface area contributed by atoms with Gasteiger partial charge in [0.1, 0.15) is 17.7 Å². The Labute approximate surface area is 159 Å². The van der Waals surface area contributed by atoms with Crippen LogP contribution in [0.2, 0.25) is 0 Å². The molecule has 0 heterocycles. The molecule has 0 aliphatic rings. The van der Waals surface area contributed by atoms with Crippen LogP contribution in [0.15, 0.2) is 54.6 Å². The van der Waals surface area contributed by atoms with Crippen LogP contribution in [0.1, 0.15) is 31.9 Å². The van der Waals surface area contributed by atoms with Crippen LogP contribution in [0, 0.1) is 11.3 Å². The molecule has 2 aromatic carbocycles. The van der Waals surface area contributed by atoms with E-state index in [0.717, 1.165) is 5.56 Å². The topological polar surface area (TPSA) is 91.2 Å². The number of nitrogens with one attached hydrogen (secondary N) is 2. The molecule has 140 valence electrons. The molecule has 0 saturated carbocycles. The van der Waals surface area contributed by atoms with Gasteiger partial charge in [-0.05, 0) is 38.5 Å². The van der Waals surface area contributed by atoms with Crippen molar-refractivity contribution in [1.29, 1.82) is 5.26 Å². The number of carbonyl (C=O) groups excluding carboxylic acids is 2. The third-order valence-electron chi connectivity index (χ3n) is 3.60. The third-order valence-corrected chi connectivity index (χ3v) is 3.60. The zero-order valence-electron chi connectivity index (χ0n) is 15.7. The average molecular weight is 365 g/mol. The summed E-state index contributed by atoms with van der Waals surface area (Å²) in [4.78, 5) is 25.0. The van der Waals surface area contributed by atoms with Crippen molar-refractivity contribution in [3.63, 3.8) is 0 Å². The SMILES string of the molecule is CC(C)(C)OC(=O)NC(Cc1ccccc1)C(=O)Nc1ccccc1C#N. The van der Waals surface area contributed by atoms with Crippen molar-refractivity contribution in [2.45, 2.75) is 38.8 Å². The second-order valence-corrected chi connectivity index (χ2v) is 7.04. The summed E-state index contributed by atoms with van der Waals surface area (Å²) in [6.07, 6.45) is -0.382. The number of nitriles is 1. The highest BCUT2D eigenvalue weighted by molar-refractivity contribution is 5.97. The fraction of sp³-hybridized carbons (Fsp3) is 0.286. The lowest BCUT2D eigenvalue weighted by atomic mass is 10.0. The Bertz CT molecular complexity index is 836. The normalized spacial score (nSPS) is 11.8. The minimum Gasteiger partial charge on any atom is -0.444 e. The number of carbonyl (C=O) groups is 2. The van der Waals surface area contributed by atoms with Gasteiger partial charge in [0.05, 0.1) is 11.3 Å². The monoisotopic (exact) mass is 365 g/mol. The standard InChI is InChI=1S/C21H23N3O3/c1-21(2,3)27-20(26)24-18(13-15-9-5-4-6-10-15)19(25)23-17-12-8-7-11-16(17)14-22/h4-12,18H,13H2,1-3H3,(H,23,25)(H,24,26). The summed E-state index contributed by atoms with van der Waals surface area (Å²) in [7, 11) is 0. The van der Waals surface area contributed by atoms with Crippen LogP contribution in [-0.2, 0) is 16.0 Å². The van der Waals surface area contributed by atoms with Crippen LogP contribution in [0.5, 0.6) is 0 Å². The Morgan fingerprint density at radius 3 is 2.33 bits per heavy atom. The summed E-state index contributed by atoms with van der Waals surface area (Å²) in [5.41, 5.74) is 0.962. The second kappa shape index (κ2) is 8.86. The quantitative estimate of drug-likeness (QED) is 0.846. The summed E-state index contributed by atoms with van der Waals surface area (Å²) in [5, 5.41) is 14.5. The molecule has 1 unspecified atom stereocenters. The first-order chi connectivity index (χ1) is 12.8. The predicted octanol–water partition coefficient (Wildman–Crippen LogP) is 3.63. The smallest absolute Gasteiger partial charge is 0.408 e. The van der Waals surface area contributed by atoms with Crippen molar-refractivity contribution in [2.75, 3.05) is 5.32 Å². The van der Waals surface area contributed by atoms with Gasteiger partial charge in [-0.2, -0.15) is 5.26 Å². The maximum atomic E-state index is 12.8. The molecule has 27 heavy (non-hydrogen) atoms. The van der Waals surface area contributed by atoms with E-state index in [4.69, 9.17) is 4.74 Å². The predicted molar refractivity (Wildman–Crippen MR) is 103 cm³/mol. The van der Waals surface area contributed by atoms with Crippen LogP contribution < -0.4 is 10.6 Å². The van der Waals surface area contributed by atoms with E-state index in [1.54, 1.807) is 45.0 Å². The summed E-state index contributed by atoms with van der Waals surface area (Å²) in [6, 6.07) is 17.2. The van der Waals surface area contributed by atoms with Crippen molar-refractivity contribution in [3.8, 4) is 6.07 Å². The van der Waals surface area contributed by atoms with Gasteiger partial charge in [0.15, 0.2) is 0 Å². The van der Waals surface area contributed by atoms with Gasteiger partial charge in [-0.25, -0.2) is 4.79 Å². The molecule has 0 aliphatic carbocycles. The van der Waals surface area contributed by atoms with Gasteiger partial charge in [-0.1, -0.05) is 42.5 Å². The molecular weight excluding hydrogens is 342 g/mol. The van der Waals surface area contributed by atoms with Crippen molar-refractivity contribution in [3.05, 3.63) is 65.7 Å². The Morgan fingerprint density at radius 1 is 1.07 bits per heavy atom. The number of benzene rings is 2. The largest absolute Gasteiger partial charge is 0.444 e. The van der Waals surface area contributed by atoms with E-state index in [0.29, 0.717) is 17.7 Å². The van der Waals surface area contributed by atoms with E-state index < -0.39 is 23.6 Å². The number of alkyl carbamates (subject to hydrolysis) is 1. The van der Waals surface area contributed by atoms with E-state index in [1.165, 1.54) is 0 Å². The number of hydrogen-bond donors (Lipinski definition) is 2. The highest BCUT2D eigenvalue weighted by Crippen LogP contribution is 2.15. The fourth-order valence-corrected chi connectivity index (χ4v) is 2.42. The number of nitrogens with zero attached hydrogens (tertiary/aromatic N) is 1.